The lowest BCUT2D eigenvalue weighted by Gasteiger charge is -2.38. The summed E-state index contributed by atoms with van der Waals surface area (Å²) < 4.78 is 0. The fraction of sp³-hybridized carbons (Fsp3) is 0.750. The zero-order valence-electron chi connectivity index (χ0n) is 11.4. The number of carboxylic acid groups (broad SMARTS) is 1. The molecule has 3 aliphatic heterocycles. The van der Waals surface area contributed by atoms with Crippen molar-refractivity contribution in [1.29, 1.82) is 0 Å². The van der Waals surface area contributed by atoms with Crippen molar-refractivity contribution in [2.75, 3.05) is 32.7 Å². The van der Waals surface area contributed by atoms with Gasteiger partial charge in [-0.15, -0.1) is 0 Å². The standard InChI is InChI=1S/C12H18N4O5/c17-8-3-9(10(18)19)16(6-8)12(21)14-1-2-15-7(5-14)4-13-11(15)20/h7-9,17H,1-6H2,(H,13,20)(H,18,19)/t7?,8-,9-/m0/s1. The van der Waals surface area contributed by atoms with Crippen LogP contribution in [0.1, 0.15) is 6.42 Å². The molecule has 3 fully saturated rings. The first kappa shape index (κ1) is 13.9. The Kier molecular flexibility index (Phi) is 3.36. The molecule has 0 aliphatic carbocycles. The normalized spacial score (nSPS) is 32.1. The molecule has 0 aromatic rings. The highest BCUT2D eigenvalue weighted by molar-refractivity contribution is 5.84. The molecule has 4 amide bonds. The van der Waals surface area contributed by atoms with Gasteiger partial charge < -0.3 is 30.2 Å². The Morgan fingerprint density at radius 3 is 2.71 bits per heavy atom. The number of urea groups is 2. The number of likely N-dealkylation sites (tertiary alicyclic amines) is 1. The van der Waals surface area contributed by atoms with E-state index in [0.29, 0.717) is 26.2 Å². The Morgan fingerprint density at radius 2 is 2.00 bits per heavy atom. The number of carboxylic acids is 1. The molecule has 3 rings (SSSR count). The second-order valence-electron chi connectivity index (χ2n) is 5.66. The number of aliphatic carboxylic acids is 1. The van der Waals surface area contributed by atoms with Crippen molar-refractivity contribution >= 4 is 18.0 Å². The van der Waals surface area contributed by atoms with Crippen molar-refractivity contribution in [2.45, 2.75) is 24.6 Å². The lowest BCUT2D eigenvalue weighted by atomic mass is 10.2. The number of carbonyl (C=O) groups is 3. The summed E-state index contributed by atoms with van der Waals surface area (Å²) in [5.41, 5.74) is 0. The number of aliphatic hydroxyl groups excluding tert-OH is 1. The lowest BCUT2D eigenvalue weighted by molar-refractivity contribution is -0.141. The van der Waals surface area contributed by atoms with E-state index >= 15 is 0 Å². The van der Waals surface area contributed by atoms with E-state index in [-0.39, 0.29) is 31.1 Å². The molecule has 9 nitrogen and oxygen atoms in total. The molecule has 0 radical (unpaired) electrons. The number of fused-ring (bicyclic) bond motifs is 1. The first-order valence-corrected chi connectivity index (χ1v) is 6.98. The highest BCUT2D eigenvalue weighted by Crippen LogP contribution is 2.22. The molecule has 0 aromatic carbocycles. The summed E-state index contributed by atoms with van der Waals surface area (Å²) in [6.07, 6.45) is -0.740. The van der Waals surface area contributed by atoms with Gasteiger partial charge in [-0.1, -0.05) is 0 Å². The summed E-state index contributed by atoms with van der Waals surface area (Å²) in [5.74, 6) is -1.10. The molecule has 3 N–H and O–H groups in total. The highest BCUT2D eigenvalue weighted by atomic mass is 16.4. The number of carbonyl (C=O) groups excluding carboxylic acids is 2. The zero-order chi connectivity index (χ0) is 15.1. The van der Waals surface area contributed by atoms with Crippen LogP contribution in [0.5, 0.6) is 0 Å². The summed E-state index contributed by atoms with van der Waals surface area (Å²) in [6, 6.07) is -1.54. The van der Waals surface area contributed by atoms with Gasteiger partial charge in [-0.3, -0.25) is 0 Å². The van der Waals surface area contributed by atoms with Crippen molar-refractivity contribution in [2.24, 2.45) is 0 Å². The number of hydrogen-bond donors (Lipinski definition) is 3. The van der Waals surface area contributed by atoms with E-state index in [4.69, 9.17) is 5.11 Å². The molecule has 1 unspecified atom stereocenters. The molecule has 0 spiro atoms. The number of nitrogens with zero attached hydrogens (tertiary/aromatic N) is 3. The minimum Gasteiger partial charge on any atom is -0.480 e. The Labute approximate surface area is 121 Å². The number of hydrogen-bond acceptors (Lipinski definition) is 4. The van der Waals surface area contributed by atoms with E-state index in [1.54, 1.807) is 9.80 Å². The van der Waals surface area contributed by atoms with Crippen molar-refractivity contribution < 1.29 is 24.6 Å². The number of piperazine rings is 1. The van der Waals surface area contributed by atoms with Crippen molar-refractivity contribution in [1.82, 2.24) is 20.0 Å². The molecule has 116 valence electrons. The number of rotatable bonds is 1. The third-order valence-electron chi connectivity index (χ3n) is 4.31. The van der Waals surface area contributed by atoms with Gasteiger partial charge in [-0.05, 0) is 0 Å². The largest absolute Gasteiger partial charge is 0.480 e. The second kappa shape index (κ2) is 5.06. The Bertz CT molecular complexity index is 484. The predicted octanol–water partition coefficient (Wildman–Crippen LogP) is -1.66. The number of nitrogens with one attached hydrogen (secondary N) is 1. The molecule has 9 heteroatoms. The third kappa shape index (κ3) is 2.37. The Morgan fingerprint density at radius 1 is 1.24 bits per heavy atom. The van der Waals surface area contributed by atoms with Crippen LogP contribution < -0.4 is 5.32 Å². The van der Waals surface area contributed by atoms with Gasteiger partial charge in [-0.25, -0.2) is 14.4 Å². The van der Waals surface area contributed by atoms with E-state index < -0.39 is 18.1 Å². The summed E-state index contributed by atoms with van der Waals surface area (Å²) in [6.45, 7) is 1.74. The molecular formula is C12H18N4O5. The lowest BCUT2D eigenvalue weighted by Crippen LogP contribution is -2.57. The molecule has 3 atom stereocenters. The minimum atomic E-state index is -1.10. The first-order chi connectivity index (χ1) is 9.97. The van der Waals surface area contributed by atoms with Gasteiger partial charge in [0, 0.05) is 39.1 Å². The maximum absolute atomic E-state index is 12.5. The van der Waals surface area contributed by atoms with Crippen LogP contribution in [0.25, 0.3) is 0 Å². The first-order valence-electron chi connectivity index (χ1n) is 6.98. The van der Waals surface area contributed by atoms with Gasteiger partial charge in [0.2, 0.25) is 0 Å². The SMILES string of the molecule is O=C(O)[C@@H]1C[C@H](O)CN1C(=O)N1CCN2C(=O)NCC2C1. The summed E-state index contributed by atoms with van der Waals surface area (Å²) in [7, 11) is 0. The van der Waals surface area contributed by atoms with E-state index in [0.717, 1.165) is 0 Å². The molecule has 3 aliphatic rings. The van der Waals surface area contributed by atoms with Gasteiger partial charge in [0.1, 0.15) is 6.04 Å². The molecule has 3 heterocycles. The average Bonchev–Trinajstić information content (AvgIpc) is 3.01. The van der Waals surface area contributed by atoms with Gasteiger partial charge in [-0.2, -0.15) is 0 Å². The van der Waals surface area contributed by atoms with Gasteiger partial charge in [0.05, 0.1) is 12.1 Å². The maximum atomic E-state index is 12.5. The molecule has 0 bridgehead atoms. The maximum Gasteiger partial charge on any atom is 0.326 e. The summed E-state index contributed by atoms with van der Waals surface area (Å²) in [5, 5.41) is 21.5. The molecule has 3 saturated heterocycles. The minimum absolute atomic E-state index is 0.0395. The average molecular weight is 298 g/mol. The number of amides is 4. The quantitative estimate of drug-likeness (QED) is 0.536. The predicted molar refractivity (Wildman–Crippen MR) is 69.6 cm³/mol. The van der Waals surface area contributed by atoms with Gasteiger partial charge >= 0.3 is 18.0 Å². The molecular weight excluding hydrogens is 280 g/mol. The molecule has 0 saturated carbocycles. The van der Waals surface area contributed by atoms with E-state index in [2.05, 4.69) is 5.32 Å². The summed E-state index contributed by atoms with van der Waals surface area (Å²) >= 11 is 0. The fourth-order valence-corrected chi connectivity index (χ4v) is 3.22. The van der Waals surface area contributed by atoms with Crippen LogP contribution in [0.4, 0.5) is 9.59 Å². The van der Waals surface area contributed by atoms with Crippen LogP contribution in [0.2, 0.25) is 0 Å². The molecule has 21 heavy (non-hydrogen) atoms. The zero-order valence-corrected chi connectivity index (χ0v) is 11.4. The van der Waals surface area contributed by atoms with Gasteiger partial charge in [0.25, 0.3) is 0 Å². The smallest absolute Gasteiger partial charge is 0.326 e. The van der Waals surface area contributed by atoms with E-state index in [1.807, 2.05) is 0 Å². The van der Waals surface area contributed by atoms with Crippen LogP contribution in [0.3, 0.4) is 0 Å². The van der Waals surface area contributed by atoms with Crippen LogP contribution in [0.15, 0.2) is 0 Å². The van der Waals surface area contributed by atoms with Crippen LogP contribution in [-0.4, -0.2) is 93.9 Å². The fourth-order valence-electron chi connectivity index (χ4n) is 3.22. The van der Waals surface area contributed by atoms with E-state index in [9.17, 15) is 19.5 Å². The van der Waals surface area contributed by atoms with Crippen LogP contribution >= 0.6 is 0 Å². The highest BCUT2D eigenvalue weighted by Gasteiger charge is 2.43. The van der Waals surface area contributed by atoms with Crippen LogP contribution in [0, 0.1) is 0 Å². The third-order valence-corrected chi connectivity index (χ3v) is 4.31. The monoisotopic (exact) mass is 298 g/mol. The van der Waals surface area contributed by atoms with Gasteiger partial charge in [0.15, 0.2) is 0 Å². The second-order valence-corrected chi connectivity index (χ2v) is 5.66. The number of aliphatic hydroxyl groups is 1. The topological polar surface area (TPSA) is 113 Å². The number of β-amino-alcohol motifs (C(OH)–C–C–N with tert-alkyl or cyclic N) is 1. The van der Waals surface area contributed by atoms with E-state index in [1.165, 1.54) is 4.90 Å². The summed E-state index contributed by atoms with van der Waals surface area (Å²) in [4.78, 5) is 39.7. The van der Waals surface area contributed by atoms with Crippen LogP contribution in [-0.2, 0) is 4.79 Å². The van der Waals surface area contributed by atoms with Crippen molar-refractivity contribution in [3.05, 3.63) is 0 Å². The Hall–Kier alpha value is -2.03. The van der Waals surface area contributed by atoms with Crippen molar-refractivity contribution in [3.63, 3.8) is 0 Å². The Balaban J connectivity index is 1.68. The van der Waals surface area contributed by atoms with Crippen molar-refractivity contribution in [3.8, 4) is 0 Å². The molecule has 0 aromatic heterocycles.